The minimum absolute atomic E-state index is 0.0689. The monoisotopic (exact) mass is 198 g/mol. The maximum absolute atomic E-state index is 8.98. The second-order valence-electron chi connectivity index (χ2n) is 3.59. The molecule has 0 aliphatic carbocycles. The van der Waals surface area contributed by atoms with E-state index in [1.54, 1.807) is 0 Å². The first kappa shape index (κ1) is 11.4. The van der Waals surface area contributed by atoms with Gasteiger partial charge in [0.2, 0.25) is 0 Å². The van der Waals surface area contributed by atoms with Crippen molar-refractivity contribution in [2.75, 3.05) is 26.3 Å². The van der Waals surface area contributed by atoms with E-state index in [1.165, 1.54) is 0 Å². The SMILES string of the molecule is CCC(CC#N)N1CCOC(CO)C1. The fraction of sp³-hybridized carbons (Fsp3) is 0.900. The largest absolute Gasteiger partial charge is 0.394 e. The summed E-state index contributed by atoms with van der Waals surface area (Å²) in [5.74, 6) is 0. The summed E-state index contributed by atoms with van der Waals surface area (Å²) >= 11 is 0. The molecule has 80 valence electrons. The number of hydrogen-bond acceptors (Lipinski definition) is 4. The van der Waals surface area contributed by atoms with Crippen molar-refractivity contribution in [1.29, 1.82) is 5.26 Å². The molecule has 4 nitrogen and oxygen atoms in total. The number of aliphatic hydroxyl groups excluding tert-OH is 1. The Balaban J connectivity index is 2.45. The third-order valence-electron chi connectivity index (χ3n) is 2.69. The van der Waals surface area contributed by atoms with Crippen molar-refractivity contribution < 1.29 is 9.84 Å². The van der Waals surface area contributed by atoms with E-state index in [0.29, 0.717) is 19.1 Å². The van der Waals surface area contributed by atoms with E-state index in [4.69, 9.17) is 15.1 Å². The van der Waals surface area contributed by atoms with E-state index in [0.717, 1.165) is 19.5 Å². The molecule has 1 aliphatic rings. The second-order valence-corrected chi connectivity index (χ2v) is 3.59. The van der Waals surface area contributed by atoms with Crippen molar-refractivity contribution in [3.05, 3.63) is 0 Å². The van der Waals surface area contributed by atoms with E-state index in [9.17, 15) is 0 Å². The summed E-state index contributed by atoms with van der Waals surface area (Å²) < 4.78 is 5.36. The van der Waals surface area contributed by atoms with Gasteiger partial charge in [0, 0.05) is 19.1 Å². The number of rotatable bonds is 4. The Labute approximate surface area is 85.1 Å². The highest BCUT2D eigenvalue weighted by molar-refractivity contribution is 4.84. The molecule has 1 fully saturated rings. The summed E-state index contributed by atoms with van der Waals surface area (Å²) in [6, 6.07) is 2.52. The van der Waals surface area contributed by atoms with Gasteiger partial charge in [0.05, 0.1) is 31.8 Å². The first-order valence-corrected chi connectivity index (χ1v) is 5.15. The zero-order chi connectivity index (χ0) is 10.4. The molecule has 14 heavy (non-hydrogen) atoms. The molecule has 2 atom stereocenters. The molecule has 0 bridgehead atoms. The topological polar surface area (TPSA) is 56.5 Å². The lowest BCUT2D eigenvalue weighted by molar-refractivity contribution is -0.0646. The third kappa shape index (κ3) is 2.95. The van der Waals surface area contributed by atoms with E-state index < -0.39 is 0 Å². The van der Waals surface area contributed by atoms with Crippen molar-refractivity contribution in [3.63, 3.8) is 0 Å². The van der Waals surface area contributed by atoms with Gasteiger partial charge in [0.1, 0.15) is 0 Å². The van der Waals surface area contributed by atoms with E-state index in [1.807, 2.05) is 0 Å². The van der Waals surface area contributed by atoms with Crippen LogP contribution >= 0.6 is 0 Å². The van der Waals surface area contributed by atoms with Crippen molar-refractivity contribution in [1.82, 2.24) is 4.90 Å². The van der Waals surface area contributed by atoms with Crippen LogP contribution in [0.1, 0.15) is 19.8 Å². The highest BCUT2D eigenvalue weighted by Gasteiger charge is 2.24. The van der Waals surface area contributed by atoms with Crippen LogP contribution in [0, 0.1) is 11.3 Å². The number of morpholine rings is 1. The minimum atomic E-state index is -0.0727. The van der Waals surface area contributed by atoms with Crippen LogP contribution in [0.2, 0.25) is 0 Å². The summed E-state index contributed by atoms with van der Waals surface area (Å²) in [5.41, 5.74) is 0. The van der Waals surface area contributed by atoms with Crippen molar-refractivity contribution >= 4 is 0 Å². The van der Waals surface area contributed by atoms with E-state index in [-0.39, 0.29) is 12.7 Å². The van der Waals surface area contributed by atoms with Crippen molar-refractivity contribution in [3.8, 4) is 6.07 Å². The molecule has 0 spiro atoms. The molecule has 1 rings (SSSR count). The highest BCUT2D eigenvalue weighted by atomic mass is 16.5. The molecule has 0 aromatic heterocycles. The average Bonchev–Trinajstić information content (AvgIpc) is 2.26. The van der Waals surface area contributed by atoms with Crippen LogP contribution in [-0.4, -0.2) is 48.5 Å². The van der Waals surface area contributed by atoms with Crippen molar-refractivity contribution in [2.24, 2.45) is 0 Å². The molecule has 1 heterocycles. The van der Waals surface area contributed by atoms with Crippen LogP contribution in [-0.2, 0) is 4.74 Å². The Bertz CT molecular complexity index is 203. The van der Waals surface area contributed by atoms with Gasteiger partial charge >= 0.3 is 0 Å². The van der Waals surface area contributed by atoms with Crippen LogP contribution < -0.4 is 0 Å². The average molecular weight is 198 g/mol. The molecule has 2 unspecified atom stereocenters. The molecule has 0 aromatic rings. The Morgan fingerprint density at radius 1 is 1.71 bits per heavy atom. The summed E-state index contributed by atoms with van der Waals surface area (Å²) in [7, 11) is 0. The molecule has 0 amide bonds. The zero-order valence-electron chi connectivity index (χ0n) is 8.65. The van der Waals surface area contributed by atoms with Crippen LogP contribution in [0.15, 0.2) is 0 Å². The van der Waals surface area contributed by atoms with Gasteiger partial charge < -0.3 is 9.84 Å². The molecule has 1 aliphatic heterocycles. The van der Waals surface area contributed by atoms with Gasteiger partial charge in [-0.15, -0.1) is 0 Å². The van der Waals surface area contributed by atoms with Gasteiger partial charge in [-0.3, -0.25) is 4.90 Å². The number of aliphatic hydroxyl groups is 1. The van der Waals surface area contributed by atoms with Crippen LogP contribution in [0.25, 0.3) is 0 Å². The Morgan fingerprint density at radius 3 is 3.07 bits per heavy atom. The van der Waals surface area contributed by atoms with E-state index >= 15 is 0 Å². The molecule has 0 radical (unpaired) electrons. The minimum Gasteiger partial charge on any atom is -0.394 e. The summed E-state index contributed by atoms with van der Waals surface area (Å²) in [5, 5.41) is 17.6. The number of ether oxygens (including phenoxy) is 1. The molecule has 0 aromatic carbocycles. The summed E-state index contributed by atoms with van der Waals surface area (Å²) in [4.78, 5) is 2.24. The number of hydrogen-bond donors (Lipinski definition) is 1. The Hall–Kier alpha value is -0.630. The van der Waals surface area contributed by atoms with Gasteiger partial charge in [-0.1, -0.05) is 6.92 Å². The first-order valence-electron chi connectivity index (χ1n) is 5.15. The molecular formula is C10H18N2O2. The van der Waals surface area contributed by atoms with Crippen LogP contribution in [0.5, 0.6) is 0 Å². The summed E-state index contributed by atoms with van der Waals surface area (Å²) in [6.07, 6.45) is 1.47. The lowest BCUT2D eigenvalue weighted by atomic mass is 10.1. The standard InChI is InChI=1S/C10H18N2O2/c1-2-9(3-4-11)12-5-6-14-10(7-12)8-13/h9-10,13H,2-3,5-8H2,1H3. The molecule has 1 N–H and O–H groups in total. The molecule has 4 heteroatoms. The molecule has 1 saturated heterocycles. The lowest BCUT2D eigenvalue weighted by Gasteiger charge is -2.36. The maximum Gasteiger partial charge on any atom is 0.0932 e. The zero-order valence-corrected chi connectivity index (χ0v) is 8.65. The highest BCUT2D eigenvalue weighted by Crippen LogP contribution is 2.13. The first-order chi connectivity index (χ1) is 6.81. The second kappa shape index (κ2) is 5.97. The van der Waals surface area contributed by atoms with Gasteiger partial charge in [0.15, 0.2) is 0 Å². The quantitative estimate of drug-likeness (QED) is 0.709. The number of nitrogens with zero attached hydrogens (tertiary/aromatic N) is 2. The van der Waals surface area contributed by atoms with Crippen LogP contribution in [0.3, 0.4) is 0 Å². The Morgan fingerprint density at radius 2 is 2.50 bits per heavy atom. The molecule has 0 saturated carbocycles. The third-order valence-corrected chi connectivity index (χ3v) is 2.69. The van der Waals surface area contributed by atoms with Crippen LogP contribution in [0.4, 0.5) is 0 Å². The predicted octanol–water partition coefficient (Wildman–Crippen LogP) is 0.372. The van der Waals surface area contributed by atoms with E-state index in [2.05, 4.69) is 17.9 Å². The van der Waals surface area contributed by atoms with Gasteiger partial charge in [-0.25, -0.2) is 0 Å². The fourth-order valence-electron chi connectivity index (χ4n) is 1.82. The lowest BCUT2D eigenvalue weighted by Crippen LogP contribution is -2.48. The molecular weight excluding hydrogens is 180 g/mol. The Kier molecular flexibility index (Phi) is 4.88. The predicted molar refractivity (Wildman–Crippen MR) is 52.7 cm³/mol. The van der Waals surface area contributed by atoms with Gasteiger partial charge in [-0.2, -0.15) is 5.26 Å². The normalized spacial score (nSPS) is 25.6. The smallest absolute Gasteiger partial charge is 0.0932 e. The van der Waals surface area contributed by atoms with Gasteiger partial charge in [-0.05, 0) is 6.42 Å². The van der Waals surface area contributed by atoms with Crippen molar-refractivity contribution in [2.45, 2.75) is 31.9 Å². The fourth-order valence-corrected chi connectivity index (χ4v) is 1.82. The number of nitriles is 1. The maximum atomic E-state index is 8.98. The van der Waals surface area contributed by atoms with Gasteiger partial charge in [0.25, 0.3) is 0 Å². The summed E-state index contributed by atoms with van der Waals surface area (Å²) in [6.45, 7) is 4.44.